The lowest BCUT2D eigenvalue weighted by Gasteiger charge is -2.06. The number of hydrogen-bond donors (Lipinski definition) is 1. The van der Waals surface area contributed by atoms with Crippen LogP contribution < -0.4 is 4.74 Å². The summed E-state index contributed by atoms with van der Waals surface area (Å²) in [5, 5.41) is 13.7. The summed E-state index contributed by atoms with van der Waals surface area (Å²) in [7, 11) is 0. The first-order valence-corrected chi connectivity index (χ1v) is 6.50. The molecule has 1 N–H and O–H groups in total. The quantitative estimate of drug-likeness (QED) is 0.866. The minimum absolute atomic E-state index is 0.322. The Morgan fingerprint density at radius 1 is 1.32 bits per heavy atom. The van der Waals surface area contributed by atoms with Gasteiger partial charge in [0.05, 0.1) is 12.2 Å². The predicted octanol–water partition coefficient (Wildman–Crippen LogP) is 2.97. The normalized spacial score (nSPS) is 12.4. The molecule has 0 aliphatic carbocycles. The summed E-state index contributed by atoms with van der Waals surface area (Å²) in [6, 6.07) is 7.47. The van der Waals surface area contributed by atoms with E-state index in [1.165, 1.54) is 0 Å². The zero-order valence-corrected chi connectivity index (χ0v) is 11.2. The van der Waals surface area contributed by atoms with Crippen LogP contribution in [0.2, 0.25) is 0 Å². The lowest BCUT2D eigenvalue weighted by molar-refractivity contribution is 0.153. The van der Waals surface area contributed by atoms with Gasteiger partial charge in [-0.25, -0.2) is 0 Å². The molecule has 0 saturated heterocycles. The third-order valence-electron chi connectivity index (χ3n) is 2.72. The number of aliphatic hydroxyl groups is 1. The molecule has 0 fully saturated rings. The Morgan fingerprint density at radius 3 is 2.84 bits per heavy atom. The van der Waals surface area contributed by atoms with Crippen molar-refractivity contribution in [3.05, 3.63) is 30.1 Å². The van der Waals surface area contributed by atoms with Gasteiger partial charge in [-0.15, -0.1) is 0 Å². The van der Waals surface area contributed by atoms with Gasteiger partial charge < -0.3 is 14.4 Å². The van der Waals surface area contributed by atoms with Gasteiger partial charge in [-0.1, -0.05) is 30.6 Å². The van der Waals surface area contributed by atoms with Gasteiger partial charge in [0.2, 0.25) is 5.82 Å². The molecule has 2 aromatic rings. The van der Waals surface area contributed by atoms with Crippen LogP contribution in [0.4, 0.5) is 0 Å². The summed E-state index contributed by atoms with van der Waals surface area (Å²) < 4.78 is 10.7. The number of aromatic nitrogens is 2. The fraction of sp³-hybridized carbons (Fsp3) is 0.429. The van der Waals surface area contributed by atoms with Crippen LogP contribution in [0.5, 0.6) is 5.75 Å². The first kappa shape index (κ1) is 13.5. The molecule has 102 valence electrons. The van der Waals surface area contributed by atoms with E-state index in [2.05, 4.69) is 10.1 Å². The summed E-state index contributed by atoms with van der Waals surface area (Å²) in [5.41, 5.74) is 0.742. The van der Waals surface area contributed by atoms with Crippen molar-refractivity contribution < 1.29 is 14.4 Å². The monoisotopic (exact) mass is 262 g/mol. The molecule has 0 aliphatic heterocycles. The summed E-state index contributed by atoms with van der Waals surface area (Å²) in [6.07, 6.45) is 0.800. The number of para-hydroxylation sites is 1. The van der Waals surface area contributed by atoms with E-state index < -0.39 is 6.10 Å². The van der Waals surface area contributed by atoms with Crippen LogP contribution in [0.25, 0.3) is 11.5 Å². The van der Waals surface area contributed by atoms with Gasteiger partial charge in [0, 0.05) is 0 Å². The first-order valence-electron chi connectivity index (χ1n) is 6.50. The average molecular weight is 262 g/mol. The number of ether oxygens (including phenoxy) is 1. The molecule has 1 atom stereocenters. The van der Waals surface area contributed by atoms with Crippen LogP contribution in [0.15, 0.2) is 28.8 Å². The second kappa shape index (κ2) is 6.33. The van der Waals surface area contributed by atoms with E-state index >= 15 is 0 Å². The largest absolute Gasteiger partial charge is 0.493 e. The molecule has 0 amide bonds. The molecule has 5 heteroatoms. The standard InChI is InChI=1S/C14H18N2O3/c1-3-7-11(17)13-15-14(19-16-13)10-8-5-6-9-12(10)18-4-2/h5-6,8-9,11,17H,3-4,7H2,1-2H3. The SMILES string of the molecule is CCCC(O)c1noc(-c2ccccc2OCC)n1. The molecule has 1 unspecified atom stereocenters. The first-order chi connectivity index (χ1) is 9.26. The number of aliphatic hydroxyl groups excluding tert-OH is 1. The van der Waals surface area contributed by atoms with Crippen molar-refractivity contribution in [2.75, 3.05) is 6.61 Å². The van der Waals surface area contributed by atoms with Crippen LogP contribution in [-0.2, 0) is 0 Å². The van der Waals surface area contributed by atoms with E-state index in [1.807, 2.05) is 38.1 Å². The highest BCUT2D eigenvalue weighted by molar-refractivity contribution is 5.62. The van der Waals surface area contributed by atoms with Crippen LogP contribution in [0, 0.1) is 0 Å². The molecule has 19 heavy (non-hydrogen) atoms. The highest BCUT2D eigenvalue weighted by Gasteiger charge is 2.17. The van der Waals surface area contributed by atoms with Crippen molar-refractivity contribution in [3.8, 4) is 17.2 Å². The van der Waals surface area contributed by atoms with E-state index in [0.29, 0.717) is 30.5 Å². The maximum atomic E-state index is 9.84. The Hall–Kier alpha value is -1.88. The number of benzene rings is 1. The predicted molar refractivity (Wildman–Crippen MR) is 70.8 cm³/mol. The maximum absolute atomic E-state index is 9.84. The van der Waals surface area contributed by atoms with E-state index in [0.717, 1.165) is 12.0 Å². The second-order valence-electron chi connectivity index (χ2n) is 4.19. The zero-order valence-electron chi connectivity index (χ0n) is 11.2. The molecule has 1 heterocycles. The number of rotatable bonds is 6. The van der Waals surface area contributed by atoms with Crippen LogP contribution in [-0.4, -0.2) is 21.9 Å². The topological polar surface area (TPSA) is 68.4 Å². The molecule has 0 saturated carbocycles. The van der Waals surface area contributed by atoms with E-state index in [1.54, 1.807) is 0 Å². The Labute approximate surface area is 112 Å². The average Bonchev–Trinajstić information content (AvgIpc) is 2.90. The summed E-state index contributed by atoms with van der Waals surface area (Å²) in [4.78, 5) is 4.23. The van der Waals surface area contributed by atoms with E-state index in [-0.39, 0.29) is 0 Å². The fourth-order valence-corrected chi connectivity index (χ4v) is 1.81. The molecule has 0 radical (unpaired) electrons. The number of nitrogens with zero attached hydrogens (tertiary/aromatic N) is 2. The lowest BCUT2D eigenvalue weighted by Crippen LogP contribution is -1.99. The maximum Gasteiger partial charge on any atom is 0.261 e. The van der Waals surface area contributed by atoms with Crippen molar-refractivity contribution >= 4 is 0 Å². The zero-order chi connectivity index (χ0) is 13.7. The van der Waals surface area contributed by atoms with Crippen LogP contribution in [0.1, 0.15) is 38.6 Å². The van der Waals surface area contributed by atoms with Crippen molar-refractivity contribution in [2.24, 2.45) is 0 Å². The fourth-order valence-electron chi connectivity index (χ4n) is 1.81. The molecule has 0 aliphatic rings. The van der Waals surface area contributed by atoms with Crippen LogP contribution >= 0.6 is 0 Å². The van der Waals surface area contributed by atoms with Crippen molar-refractivity contribution in [1.29, 1.82) is 0 Å². The Morgan fingerprint density at radius 2 is 2.11 bits per heavy atom. The molecule has 1 aromatic carbocycles. The molecule has 1 aromatic heterocycles. The smallest absolute Gasteiger partial charge is 0.261 e. The molecule has 0 bridgehead atoms. The Kier molecular flexibility index (Phi) is 4.52. The van der Waals surface area contributed by atoms with Crippen molar-refractivity contribution in [2.45, 2.75) is 32.8 Å². The van der Waals surface area contributed by atoms with E-state index in [4.69, 9.17) is 9.26 Å². The highest BCUT2D eigenvalue weighted by atomic mass is 16.5. The molecular formula is C14H18N2O3. The van der Waals surface area contributed by atoms with Gasteiger partial charge in [-0.05, 0) is 25.5 Å². The molecular weight excluding hydrogens is 244 g/mol. The highest BCUT2D eigenvalue weighted by Crippen LogP contribution is 2.29. The van der Waals surface area contributed by atoms with Crippen LogP contribution in [0.3, 0.4) is 0 Å². The summed E-state index contributed by atoms with van der Waals surface area (Å²) >= 11 is 0. The molecule has 2 rings (SSSR count). The summed E-state index contributed by atoms with van der Waals surface area (Å²) in [5.74, 6) is 1.39. The van der Waals surface area contributed by atoms with Crippen molar-refractivity contribution in [3.63, 3.8) is 0 Å². The van der Waals surface area contributed by atoms with Gasteiger partial charge >= 0.3 is 0 Å². The van der Waals surface area contributed by atoms with Gasteiger partial charge in [0.25, 0.3) is 5.89 Å². The Balaban J connectivity index is 2.27. The van der Waals surface area contributed by atoms with E-state index in [9.17, 15) is 5.11 Å². The third-order valence-corrected chi connectivity index (χ3v) is 2.72. The van der Waals surface area contributed by atoms with Gasteiger partial charge in [-0.2, -0.15) is 4.98 Å². The lowest BCUT2D eigenvalue weighted by atomic mass is 10.2. The molecule has 5 nitrogen and oxygen atoms in total. The van der Waals surface area contributed by atoms with Crippen molar-refractivity contribution in [1.82, 2.24) is 10.1 Å². The van der Waals surface area contributed by atoms with Gasteiger partial charge in [-0.3, -0.25) is 0 Å². The minimum Gasteiger partial charge on any atom is -0.493 e. The summed E-state index contributed by atoms with van der Waals surface area (Å²) in [6.45, 7) is 4.48. The minimum atomic E-state index is -0.679. The van der Waals surface area contributed by atoms with Gasteiger partial charge in [0.1, 0.15) is 11.9 Å². The number of hydrogen-bond acceptors (Lipinski definition) is 5. The molecule has 0 spiro atoms. The third kappa shape index (κ3) is 3.12. The Bertz CT molecular complexity index is 525. The van der Waals surface area contributed by atoms with Gasteiger partial charge in [0.15, 0.2) is 0 Å². The second-order valence-corrected chi connectivity index (χ2v) is 4.19.